The summed E-state index contributed by atoms with van der Waals surface area (Å²) in [5.41, 5.74) is 7.48. The summed E-state index contributed by atoms with van der Waals surface area (Å²) in [5, 5.41) is 5.65. The lowest BCUT2D eigenvalue weighted by molar-refractivity contribution is -0.122. The monoisotopic (exact) mass is 417 g/mol. The number of halogens is 1. The van der Waals surface area contributed by atoms with Crippen molar-refractivity contribution in [1.29, 1.82) is 0 Å². The van der Waals surface area contributed by atoms with E-state index in [9.17, 15) is 9.59 Å². The number of hydrogen-bond donors (Lipinski definition) is 3. The van der Waals surface area contributed by atoms with E-state index in [0.29, 0.717) is 17.9 Å². The molecule has 0 unspecified atom stereocenters. The van der Waals surface area contributed by atoms with Gasteiger partial charge in [-0.05, 0) is 49.6 Å². The van der Waals surface area contributed by atoms with Crippen LogP contribution in [-0.4, -0.2) is 31.0 Å². The van der Waals surface area contributed by atoms with Gasteiger partial charge < -0.3 is 21.1 Å². The fourth-order valence-corrected chi connectivity index (χ4v) is 2.56. The quantitative estimate of drug-likeness (QED) is 0.546. The van der Waals surface area contributed by atoms with E-state index in [2.05, 4.69) is 10.6 Å². The van der Waals surface area contributed by atoms with Crippen molar-refractivity contribution in [2.24, 2.45) is 5.73 Å². The van der Waals surface area contributed by atoms with Crippen LogP contribution in [0.4, 0.5) is 5.69 Å². The molecule has 156 valence electrons. The van der Waals surface area contributed by atoms with Crippen LogP contribution in [-0.2, 0) is 16.0 Å². The highest BCUT2D eigenvalue weighted by Gasteiger charge is 2.13. The fourth-order valence-electron chi connectivity index (χ4n) is 2.56. The molecule has 2 amide bonds. The molecule has 0 bridgehead atoms. The van der Waals surface area contributed by atoms with Gasteiger partial charge in [-0.15, -0.1) is 12.4 Å². The van der Waals surface area contributed by atoms with E-state index in [1.165, 1.54) is 11.6 Å². The molecule has 2 atom stereocenters. The Morgan fingerprint density at radius 3 is 2.34 bits per heavy atom. The lowest BCUT2D eigenvalue weighted by atomic mass is 10.0. The van der Waals surface area contributed by atoms with Crippen LogP contribution in [0.5, 0.6) is 5.75 Å². The molecule has 7 heteroatoms. The zero-order valence-corrected chi connectivity index (χ0v) is 17.4. The van der Waals surface area contributed by atoms with Crippen molar-refractivity contribution in [3.63, 3.8) is 0 Å². The summed E-state index contributed by atoms with van der Waals surface area (Å²) in [4.78, 5) is 24.2. The van der Waals surface area contributed by atoms with Gasteiger partial charge >= 0.3 is 0 Å². The Bertz CT molecular complexity index is 793. The molecule has 0 aromatic heterocycles. The molecule has 2 aromatic rings. The van der Waals surface area contributed by atoms with Crippen molar-refractivity contribution in [2.75, 3.05) is 12.4 Å². The molecule has 29 heavy (non-hydrogen) atoms. The van der Waals surface area contributed by atoms with E-state index in [1.54, 1.807) is 44.4 Å². The topological polar surface area (TPSA) is 93.5 Å². The third kappa shape index (κ3) is 8.81. The maximum absolute atomic E-state index is 12.2. The first-order chi connectivity index (χ1) is 13.5. The van der Waals surface area contributed by atoms with Gasteiger partial charge in [0.25, 0.3) is 0 Å². The summed E-state index contributed by atoms with van der Waals surface area (Å²) in [6, 6.07) is 16.1. The number of amides is 2. The number of carbonyl (C=O) groups excluding carboxylic acids is 2. The van der Waals surface area contributed by atoms with Gasteiger partial charge in [-0.3, -0.25) is 9.59 Å². The molecule has 0 saturated heterocycles. The Kier molecular flexibility index (Phi) is 10.5. The van der Waals surface area contributed by atoms with Gasteiger partial charge in [-0.1, -0.05) is 36.4 Å². The molecule has 0 aliphatic rings. The second-order valence-corrected chi connectivity index (χ2v) is 6.50. The first kappa shape index (κ1) is 24.2. The zero-order chi connectivity index (χ0) is 20.4. The number of anilines is 1. The van der Waals surface area contributed by atoms with Gasteiger partial charge in [0.2, 0.25) is 11.8 Å². The van der Waals surface area contributed by atoms with Crippen LogP contribution in [0.25, 0.3) is 0 Å². The number of carbonyl (C=O) groups is 2. The van der Waals surface area contributed by atoms with Gasteiger partial charge in [-0.25, -0.2) is 0 Å². The normalized spacial score (nSPS) is 12.5. The Hall–Kier alpha value is -2.83. The molecule has 0 aliphatic heterocycles. The Morgan fingerprint density at radius 1 is 1.10 bits per heavy atom. The van der Waals surface area contributed by atoms with Crippen molar-refractivity contribution in [1.82, 2.24) is 5.32 Å². The minimum Gasteiger partial charge on any atom is -0.497 e. The molecule has 0 saturated carbocycles. The standard InChI is InChI=1S/C22H27N3O3.ClH/c1-16(23)22(27)25-19(9-8-17-6-4-3-5-7-17)12-15-21(26)24-18-10-13-20(28-2)14-11-18;/h3-7,10-16,19H,8-9,23H2,1-2H3,(H,24,26)(H,25,27);1H/t16-,19-;/m0./s1. The summed E-state index contributed by atoms with van der Waals surface area (Å²) in [7, 11) is 1.59. The van der Waals surface area contributed by atoms with Crippen molar-refractivity contribution < 1.29 is 14.3 Å². The minimum absolute atomic E-state index is 0. The third-order valence-corrected chi connectivity index (χ3v) is 4.17. The van der Waals surface area contributed by atoms with Crippen LogP contribution < -0.4 is 21.1 Å². The number of rotatable bonds is 9. The minimum atomic E-state index is -0.610. The summed E-state index contributed by atoms with van der Waals surface area (Å²) < 4.78 is 5.10. The lowest BCUT2D eigenvalue weighted by Gasteiger charge is -2.17. The number of aryl methyl sites for hydroxylation is 1. The SMILES string of the molecule is COc1ccc(NC(=O)C=C[C@H](CCc2ccccc2)NC(=O)[C@H](C)N)cc1.Cl. The first-order valence-electron chi connectivity index (χ1n) is 9.21. The molecular weight excluding hydrogens is 390 g/mol. The molecular formula is C22H28ClN3O3. The summed E-state index contributed by atoms with van der Waals surface area (Å²) in [5.74, 6) is 0.191. The average molecular weight is 418 g/mol. The number of nitrogens with one attached hydrogen (secondary N) is 2. The number of ether oxygens (including phenoxy) is 1. The summed E-state index contributed by atoms with van der Waals surface area (Å²) in [6.07, 6.45) is 4.56. The lowest BCUT2D eigenvalue weighted by Crippen LogP contribution is -2.43. The van der Waals surface area contributed by atoms with Crippen LogP contribution in [0.15, 0.2) is 66.7 Å². The molecule has 4 N–H and O–H groups in total. The van der Waals surface area contributed by atoms with Crippen molar-refractivity contribution >= 4 is 29.9 Å². The van der Waals surface area contributed by atoms with Crippen LogP contribution >= 0.6 is 12.4 Å². The molecule has 0 aliphatic carbocycles. The van der Waals surface area contributed by atoms with Gasteiger partial charge in [0.15, 0.2) is 0 Å². The Balaban J connectivity index is 0.00000420. The number of benzene rings is 2. The van der Waals surface area contributed by atoms with Crippen molar-refractivity contribution in [3.05, 3.63) is 72.3 Å². The van der Waals surface area contributed by atoms with Gasteiger partial charge in [-0.2, -0.15) is 0 Å². The van der Waals surface area contributed by atoms with E-state index >= 15 is 0 Å². The van der Waals surface area contributed by atoms with E-state index in [0.717, 1.165) is 6.42 Å². The van der Waals surface area contributed by atoms with E-state index in [-0.39, 0.29) is 30.3 Å². The molecule has 2 aromatic carbocycles. The highest BCUT2D eigenvalue weighted by molar-refractivity contribution is 5.99. The molecule has 6 nitrogen and oxygen atoms in total. The summed E-state index contributed by atoms with van der Waals surface area (Å²) >= 11 is 0. The van der Waals surface area contributed by atoms with Crippen LogP contribution in [0, 0.1) is 0 Å². The second kappa shape index (κ2) is 12.6. The highest BCUT2D eigenvalue weighted by atomic mass is 35.5. The van der Waals surface area contributed by atoms with Gasteiger partial charge in [0.1, 0.15) is 5.75 Å². The molecule has 2 rings (SSSR count). The van der Waals surface area contributed by atoms with Crippen LogP contribution in [0.1, 0.15) is 18.9 Å². The van der Waals surface area contributed by atoms with E-state index in [4.69, 9.17) is 10.5 Å². The van der Waals surface area contributed by atoms with E-state index < -0.39 is 6.04 Å². The van der Waals surface area contributed by atoms with Gasteiger partial charge in [0.05, 0.1) is 13.2 Å². The Labute approximate surface area is 177 Å². The molecule has 0 heterocycles. The number of hydrogen-bond acceptors (Lipinski definition) is 4. The van der Waals surface area contributed by atoms with Crippen molar-refractivity contribution in [3.8, 4) is 5.75 Å². The molecule has 0 spiro atoms. The molecule has 0 fully saturated rings. The predicted molar refractivity (Wildman–Crippen MR) is 118 cm³/mol. The fraction of sp³-hybridized carbons (Fsp3) is 0.273. The number of nitrogens with two attached hydrogens (primary N) is 1. The van der Waals surface area contributed by atoms with Crippen molar-refractivity contribution in [2.45, 2.75) is 31.8 Å². The van der Waals surface area contributed by atoms with E-state index in [1.807, 2.05) is 30.3 Å². The summed E-state index contributed by atoms with van der Waals surface area (Å²) in [6.45, 7) is 1.63. The zero-order valence-electron chi connectivity index (χ0n) is 16.6. The van der Waals surface area contributed by atoms with Crippen LogP contribution in [0.3, 0.4) is 0 Å². The maximum atomic E-state index is 12.2. The maximum Gasteiger partial charge on any atom is 0.248 e. The largest absolute Gasteiger partial charge is 0.497 e. The highest BCUT2D eigenvalue weighted by Crippen LogP contribution is 2.15. The first-order valence-corrected chi connectivity index (χ1v) is 9.21. The average Bonchev–Trinajstić information content (AvgIpc) is 2.71. The smallest absolute Gasteiger partial charge is 0.248 e. The second-order valence-electron chi connectivity index (χ2n) is 6.50. The van der Waals surface area contributed by atoms with Gasteiger partial charge in [0, 0.05) is 17.8 Å². The number of methoxy groups -OCH3 is 1. The third-order valence-electron chi connectivity index (χ3n) is 4.17. The Morgan fingerprint density at radius 2 is 1.76 bits per heavy atom. The predicted octanol–water partition coefficient (Wildman–Crippen LogP) is 3.08. The molecule has 0 radical (unpaired) electrons. The van der Waals surface area contributed by atoms with Crippen LogP contribution in [0.2, 0.25) is 0 Å².